The van der Waals surface area contributed by atoms with Gasteiger partial charge in [-0.25, -0.2) is 0 Å². The number of rotatable bonds is 4. The van der Waals surface area contributed by atoms with E-state index in [1.807, 2.05) is 0 Å². The summed E-state index contributed by atoms with van der Waals surface area (Å²) < 4.78 is 110. The zero-order valence-corrected chi connectivity index (χ0v) is 8.53. The average molecular weight is 294 g/mol. The molecule has 11 heteroatoms. The molecule has 0 radical (unpaired) electrons. The van der Waals surface area contributed by atoms with E-state index >= 15 is 0 Å². The largest absolute Gasteiger partial charge is 0.476 e. The lowest BCUT2D eigenvalue weighted by Crippen LogP contribution is -2.53. The maximum atomic E-state index is 12.3. The molecular weight excluding hydrogens is 291 g/mol. The molecule has 0 spiro atoms. The Bertz CT molecular complexity index is 307. The molecule has 0 heterocycles. The van der Waals surface area contributed by atoms with Crippen LogP contribution in [0.1, 0.15) is 0 Å². The van der Waals surface area contributed by atoms with Crippen molar-refractivity contribution < 1.29 is 44.3 Å². The molecule has 0 N–H and O–H groups in total. The summed E-state index contributed by atoms with van der Waals surface area (Å²) in [4.78, 5) is 0. The average Bonchev–Trinajstić information content (AvgIpc) is 2.13. The first-order chi connectivity index (χ1) is 7.37. The molecule has 0 aromatic rings. The van der Waals surface area contributed by atoms with E-state index in [2.05, 4.69) is 4.74 Å². The van der Waals surface area contributed by atoms with E-state index in [9.17, 15) is 39.5 Å². The van der Waals surface area contributed by atoms with Crippen LogP contribution in [-0.2, 0) is 4.74 Å². The van der Waals surface area contributed by atoms with Gasteiger partial charge in [0.2, 0.25) is 5.16 Å². The highest BCUT2D eigenvalue weighted by Crippen LogP contribution is 2.48. The van der Waals surface area contributed by atoms with E-state index in [0.29, 0.717) is 0 Å². The highest BCUT2D eigenvalue weighted by molar-refractivity contribution is 8.02. The topological polar surface area (TPSA) is 9.23 Å². The van der Waals surface area contributed by atoms with Gasteiger partial charge in [0, 0.05) is 0 Å². The molecule has 0 aliphatic heterocycles. The van der Waals surface area contributed by atoms with Crippen LogP contribution in [-0.4, -0.2) is 24.5 Å². The molecule has 0 unspecified atom stereocenters. The molecular formula is C6H3F9OS. The van der Waals surface area contributed by atoms with Gasteiger partial charge >= 0.3 is 24.2 Å². The summed E-state index contributed by atoms with van der Waals surface area (Å²) in [5.74, 6) is -6.66. The number of thioether (sulfide) groups is 1. The first-order valence-electron chi connectivity index (χ1n) is 3.47. The number of hydrogen-bond donors (Lipinski definition) is 0. The SMILES string of the molecule is CSC(F)=C(F)OC(F)(F)C(F)(F)C(F)(F)F. The summed E-state index contributed by atoms with van der Waals surface area (Å²) in [6.07, 6.45) is -12.1. The molecule has 0 aliphatic rings. The second-order valence-electron chi connectivity index (χ2n) is 2.44. The summed E-state index contributed by atoms with van der Waals surface area (Å²) >= 11 is -0.155. The summed E-state index contributed by atoms with van der Waals surface area (Å²) in [5.41, 5.74) is 0. The van der Waals surface area contributed by atoms with Crippen LogP contribution in [0, 0.1) is 0 Å². The standard InChI is InChI=1S/C6H3F9OS/c1-17-3(8)2(7)16-6(14,15)4(9,10)5(11,12)13/h1H3. The zero-order valence-electron chi connectivity index (χ0n) is 7.72. The van der Waals surface area contributed by atoms with Crippen molar-refractivity contribution in [2.45, 2.75) is 18.2 Å². The fraction of sp³-hybridized carbons (Fsp3) is 0.667. The fourth-order valence-corrected chi connectivity index (χ4v) is 0.664. The zero-order chi connectivity index (χ0) is 14.1. The molecule has 102 valence electrons. The summed E-state index contributed by atoms with van der Waals surface area (Å²) in [6.45, 7) is 0. The molecule has 1 nitrogen and oxygen atoms in total. The molecule has 0 aromatic heterocycles. The van der Waals surface area contributed by atoms with Gasteiger partial charge in [0.1, 0.15) is 0 Å². The van der Waals surface area contributed by atoms with Gasteiger partial charge in [-0.2, -0.15) is 39.5 Å². The van der Waals surface area contributed by atoms with Gasteiger partial charge in [-0.05, 0) is 6.26 Å². The lowest BCUT2D eigenvalue weighted by molar-refractivity contribution is -0.419. The number of ether oxygens (including phenoxy) is 1. The maximum absolute atomic E-state index is 12.3. The molecule has 0 rings (SSSR count). The Hall–Kier alpha value is -0.740. The van der Waals surface area contributed by atoms with Crippen LogP contribution in [0.15, 0.2) is 11.2 Å². The van der Waals surface area contributed by atoms with Crippen molar-refractivity contribution in [1.29, 1.82) is 0 Å². The van der Waals surface area contributed by atoms with Crippen molar-refractivity contribution in [2.24, 2.45) is 0 Å². The van der Waals surface area contributed by atoms with E-state index in [1.54, 1.807) is 0 Å². The molecule has 0 atom stereocenters. The number of halogens is 9. The first-order valence-corrected chi connectivity index (χ1v) is 4.70. The van der Waals surface area contributed by atoms with Gasteiger partial charge in [-0.3, -0.25) is 0 Å². The Balaban J connectivity index is 5.18. The predicted molar refractivity (Wildman–Crippen MR) is 39.8 cm³/mol. The quantitative estimate of drug-likeness (QED) is 0.567. The van der Waals surface area contributed by atoms with E-state index in [0.717, 1.165) is 6.26 Å². The van der Waals surface area contributed by atoms with Crippen LogP contribution in [0.25, 0.3) is 0 Å². The van der Waals surface area contributed by atoms with E-state index in [-0.39, 0.29) is 11.8 Å². The molecule has 0 aromatic carbocycles. The lowest BCUT2D eigenvalue weighted by Gasteiger charge is -2.26. The normalized spacial score (nSPS) is 15.6. The molecule has 0 bridgehead atoms. The number of alkyl halides is 7. The smallest absolute Gasteiger partial charge is 0.399 e. The predicted octanol–water partition coefficient (Wildman–Crippen LogP) is 4.22. The maximum Gasteiger partial charge on any atom is 0.476 e. The summed E-state index contributed by atoms with van der Waals surface area (Å²) in [5, 5.41) is -2.09. The van der Waals surface area contributed by atoms with Gasteiger partial charge in [-0.15, -0.1) is 0 Å². The highest BCUT2D eigenvalue weighted by Gasteiger charge is 2.76. The van der Waals surface area contributed by atoms with Gasteiger partial charge < -0.3 is 4.74 Å². The monoisotopic (exact) mass is 294 g/mol. The third-order valence-corrected chi connectivity index (χ3v) is 1.79. The Morgan fingerprint density at radius 3 is 1.65 bits per heavy atom. The molecule has 0 saturated heterocycles. The van der Waals surface area contributed by atoms with Crippen LogP contribution in [0.4, 0.5) is 39.5 Å². The van der Waals surface area contributed by atoms with Crippen LogP contribution >= 0.6 is 11.8 Å². The molecule has 0 saturated carbocycles. The fourth-order valence-electron chi connectivity index (χ4n) is 0.462. The van der Waals surface area contributed by atoms with Gasteiger partial charge in [0.15, 0.2) is 0 Å². The molecule has 17 heavy (non-hydrogen) atoms. The Kier molecular flexibility index (Phi) is 4.65. The van der Waals surface area contributed by atoms with E-state index in [4.69, 9.17) is 0 Å². The Morgan fingerprint density at radius 2 is 1.35 bits per heavy atom. The Labute approximate surface area is 92.6 Å². The third-order valence-electron chi connectivity index (χ3n) is 1.27. The molecule has 0 aliphatic carbocycles. The van der Waals surface area contributed by atoms with Gasteiger partial charge in [0.25, 0.3) is 0 Å². The minimum atomic E-state index is -6.67. The molecule has 0 fully saturated rings. The Morgan fingerprint density at radius 1 is 0.941 bits per heavy atom. The van der Waals surface area contributed by atoms with Crippen molar-refractivity contribution in [3.63, 3.8) is 0 Å². The van der Waals surface area contributed by atoms with Crippen LogP contribution in [0.2, 0.25) is 0 Å². The second-order valence-corrected chi connectivity index (χ2v) is 3.21. The van der Waals surface area contributed by atoms with Crippen LogP contribution < -0.4 is 0 Å². The van der Waals surface area contributed by atoms with Crippen molar-refractivity contribution in [3.8, 4) is 0 Å². The summed E-state index contributed by atoms with van der Waals surface area (Å²) in [6, 6.07) is -2.86. The second kappa shape index (κ2) is 4.86. The minimum Gasteiger partial charge on any atom is -0.399 e. The van der Waals surface area contributed by atoms with Crippen LogP contribution in [0.5, 0.6) is 0 Å². The number of hydrogen-bond acceptors (Lipinski definition) is 2. The lowest BCUT2D eigenvalue weighted by atomic mass is 10.3. The van der Waals surface area contributed by atoms with Gasteiger partial charge in [0.05, 0.1) is 0 Å². The summed E-state index contributed by atoms with van der Waals surface area (Å²) in [7, 11) is 0. The van der Waals surface area contributed by atoms with Crippen LogP contribution in [0.3, 0.4) is 0 Å². The van der Waals surface area contributed by atoms with Crippen molar-refractivity contribution in [2.75, 3.05) is 6.26 Å². The third kappa shape index (κ3) is 3.36. The van der Waals surface area contributed by atoms with Crippen molar-refractivity contribution in [1.82, 2.24) is 0 Å². The highest BCUT2D eigenvalue weighted by atomic mass is 32.2. The molecule has 0 amide bonds. The van der Waals surface area contributed by atoms with E-state index < -0.39 is 29.4 Å². The first kappa shape index (κ1) is 16.3. The van der Waals surface area contributed by atoms with Crippen molar-refractivity contribution in [3.05, 3.63) is 11.2 Å². The van der Waals surface area contributed by atoms with E-state index in [1.165, 1.54) is 0 Å². The van der Waals surface area contributed by atoms with Gasteiger partial charge in [-0.1, -0.05) is 11.8 Å². The minimum absolute atomic E-state index is 0.155. The van der Waals surface area contributed by atoms with Crippen molar-refractivity contribution >= 4 is 11.8 Å².